The van der Waals surface area contributed by atoms with Crippen LogP contribution in [0, 0.1) is 5.92 Å². The molecule has 1 atom stereocenters. The van der Waals surface area contributed by atoms with Crippen LogP contribution in [0.1, 0.15) is 56.3 Å². The molecular formula is C21H28N2O3. The molecule has 0 bridgehead atoms. The summed E-state index contributed by atoms with van der Waals surface area (Å²) >= 11 is 0. The Morgan fingerprint density at radius 3 is 2.38 bits per heavy atom. The summed E-state index contributed by atoms with van der Waals surface area (Å²) in [6, 6.07) is 8.20. The van der Waals surface area contributed by atoms with Gasteiger partial charge in [-0.05, 0) is 44.0 Å². The lowest BCUT2D eigenvalue weighted by Gasteiger charge is -2.23. The van der Waals surface area contributed by atoms with Crippen LogP contribution in [-0.2, 0) is 4.79 Å². The van der Waals surface area contributed by atoms with Crippen LogP contribution in [0.4, 0.5) is 5.69 Å². The SMILES string of the molecule is CC(/C=C/C(=O)NO)=C\[C@@H](C)C(=O)c1ccc(NC2CCCCC2)cc1. The predicted molar refractivity (Wildman–Crippen MR) is 103 cm³/mol. The molecule has 3 N–H and O–H groups in total. The maximum Gasteiger partial charge on any atom is 0.267 e. The van der Waals surface area contributed by atoms with E-state index in [0.29, 0.717) is 11.6 Å². The third-order valence-corrected chi connectivity index (χ3v) is 4.68. The highest BCUT2D eigenvalue weighted by Gasteiger charge is 2.15. The quantitative estimate of drug-likeness (QED) is 0.224. The highest BCUT2D eigenvalue weighted by molar-refractivity contribution is 5.99. The monoisotopic (exact) mass is 356 g/mol. The molecule has 0 aromatic heterocycles. The van der Waals surface area contributed by atoms with E-state index >= 15 is 0 Å². The van der Waals surface area contributed by atoms with Crippen LogP contribution in [0.5, 0.6) is 0 Å². The summed E-state index contributed by atoms with van der Waals surface area (Å²) < 4.78 is 0. The molecule has 0 aliphatic heterocycles. The Balaban J connectivity index is 1.95. The van der Waals surface area contributed by atoms with E-state index in [0.717, 1.165) is 11.3 Å². The Morgan fingerprint density at radius 1 is 1.12 bits per heavy atom. The van der Waals surface area contributed by atoms with Crippen molar-refractivity contribution in [2.75, 3.05) is 5.32 Å². The van der Waals surface area contributed by atoms with Crippen molar-refractivity contribution in [3.8, 4) is 0 Å². The lowest BCUT2D eigenvalue weighted by molar-refractivity contribution is -0.124. The van der Waals surface area contributed by atoms with Gasteiger partial charge in [-0.1, -0.05) is 43.9 Å². The van der Waals surface area contributed by atoms with Crippen LogP contribution in [0.2, 0.25) is 0 Å². The van der Waals surface area contributed by atoms with Gasteiger partial charge >= 0.3 is 0 Å². The number of rotatable bonds is 7. The number of allylic oxidation sites excluding steroid dienone is 3. The molecule has 140 valence electrons. The summed E-state index contributed by atoms with van der Waals surface area (Å²) in [5, 5.41) is 12.0. The maximum atomic E-state index is 12.6. The summed E-state index contributed by atoms with van der Waals surface area (Å²) in [7, 11) is 0. The Hall–Kier alpha value is -2.40. The number of benzene rings is 1. The maximum absolute atomic E-state index is 12.6. The van der Waals surface area contributed by atoms with Crippen LogP contribution < -0.4 is 10.8 Å². The first-order valence-electron chi connectivity index (χ1n) is 9.21. The average Bonchev–Trinajstić information content (AvgIpc) is 2.66. The summed E-state index contributed by atoms with van der Waals surface area (Å²) in [5.41, 5.74) is 4.05. The van der Waals surface area contributed by atoms with E-state index in [2.05, 4.69) is 5.32 Å². The van der Waals surface area contributed by atoms with Gasteiger partial charge in [0.15, 0.2) is 5.78 Å². The molecule has 1 aliphatic carbocycles. The van der Waals surface area contributed by atoms with Gasteiger partial charge in [0.25, 0.3) is 5.91 Å². The lowest BCUT2D eigenvalue weighted by Crippen LogP contribution is -2.22. The Labute approximate surface area is 155 Å². The van der Waals surface area contributed by atoms with Crippen LogP contribution >= 0.6 is 0 Å². The molecule has 26 heavy (non-hydrogen) atoms. The van der Waals surface area contributed by atoms with Crippen LogP contribution in [0.15, 0.2) is 48.1 Å². The lowest BCUT2D eigenvalue weighted by atomic mass is 9.95. The number of anilines is 1. The molecule has 0 heterocycles. The third-order valence-electron chi connectivity index (χ3n) is 4.68. The van der Waals surface area contributed by atoms with E-state index in [1.54, 1.807) is 12.2 Å². The van der Waals surface area contributed by atoms with Gasteiger partial charge in [-0.15, -0.1) is 0 Å². The Morgan fingerprint density at radius 2 is 1.77 bits per heavy atom. The third kappa shape index (κ3) is 6.15. The van der Waals surface area contributed by atoms with E-state index in [1.807, 2.05) is 38.1 Å². The smallest absolute Gasteiger partial charge is 0.267 e. The summed E-state index contributed by atoms with van der Waals surface area (Å²) in [4.78, 5) is 23.6. The van der Waals surface area contributed by atoms with Crippen LogP contribution in [-0.4, -0.2) is 22.9 Å². The summed E-state index contributed by atoms with van der Waals surface area (Å²) in [5.74, 6) is -0.861. The molecule has 1 fully saturated rings. The van der Waals surface area contributed by atoms with Crippen molar-refractivity contribution in [2.24, 2.45) is 5.92 Å². The standard InChI is InChI=1S/C21H28N2O3/c1-15(8-13-20(24)23-26)14-16(2)21(25)17-9-11-19(12-10-17)22-18-6-4-3-5-7-18/h8-14,16,18,22,26H,3-7H2,1-2H3,(H,23,24)/b13-8+,15-14+/t16-/m1/s1. The van der Waals surface area contributed by atoms with Crippen molar-refractivity contribution in [3.63, 3.8) is 0 Å². The number of Topliss-reactive ketones (excluding diaryl/α,β-unsaturated/α-hetero) is 1. The molecular weight excluding hydrogens is 328 g/mol. The first-order valence-corrected chi connectivity index (χ1v) is 9.21. The van der Waals surface area contributed by atoms with Gasteiger partial charge in [-0.2, -0.15) is 0 Å². The molecule has 1 aromatic carbocycles. The number of amides is 1. The number of ketones is 1. The highest BCUT2D eigenvalue weighted by Crippen LogP contribution is 2.22. The molecule has 0 unspecified atom stereocenters. The van der Waals surface area contributed by atoms with E-state index in [4.69, 9.17) is 5.21 Å². The second-order valence-electron chi connectivity index (χ2n) is 6.93. The van der Waals surface area contributed by atoms with Crippen molar-refractivity contribution in [3.05, 3.63) is 53.6 Å². The van der Waals surface area contributed by atoms with Gasteiger partial charge < -0.3 is 5.32 Å². The number of nitrogens with one attached hydrogen (secondary N) is 2. The number of carbonyl (C=O) groups excluding carboxylic acids is 2. The zero-order valence-corrected chi connectivity index (χ0v) is 15.5. The molecule has 2 rings (SSSR count). The number of hydroxylamine groups is 1. The molecule has 1 aromatic rings. The van der Waals surface area contributed by atoms with Crippen molar-refractivity contribution >= 4 is 17.4 Å². The van der Waals surface area contributed by atoms with Gasteiger partial charge in [-0.25, -0.2) is 5.48 Å². The second-order valence-corrected chi connectivity index (χ2v) is 6.93. The fourth-order valence-electron chi connectivity index (χ4n) is 3.25. The number of hydrogen-bond donors (Lipinski definition) is 3. The minimum absolute atomic E-state index is 0.0357. The molecule has 1 aliphatic rings. The fourth-order valence-corrected chi connectivity index (χ4v) is 3.25. The largest absolute Gasteiger partial charge is 0.382 e. The number of hydrogen-bond acceptors (Lipinski definition) is 4. The van der Waals surface area contributed by atoms with E-state index in [1.165, 1.54) is 43.7 Å². The van der Waals surface area contributed by atoms with Gasteiger partial charge in [0, 0.05) is 29.3 Å². The molecule has 5 heteroatoms. The first kappa shape index (κ1) is 19.9. The van der Waals surface area contributed by atoms with Crippen LogP contribution in [0.25, 0.3) is 0 Å². The molecule has 1 saturated carbocycles. The van der Waals surface area contributed by atoms with Gasteiger partial charge in [0.2, 0.25) is 0 Å². The molecule has 0 saturated heterocycles. The second kappa shape index (κ2) is 9.92. The zero-order chi connectivity index (χ0) is 18.9. The predicted octanol–water partition coefficient (Wildman–Crippen LogP) is 4.26. The van der Waals surface area contributed by atoms with Crippen molar-refractivity contribution in [2.45, 2.75) is 52.0 Å². The molecule has 0 radical (unpaired) electrons. The first-order chi connectivity index (χ1) is 12.5. The van der Waals surface area contributed by atoms with Crippen molar-refractivity contribution in [1.29, 1.82) is 0 Å². The minimum atomic E-state index is -0.599. The van der Waals surface area contributed by atoms with Gasteiger partial charge in [0.1, 0.15) is 0 Å². The molecule has 1 amide bonds. The normalized spacial score (nSPS) is 17.1. The van der Waals surface area contributed by atoms with E-state index in [-0.39, 0.29) is 11.7 Å². The highest BCUT2D eigenvalue weighted by atomic mass is 16.5. The summed E-state index contributed by atoms with van der Waals surface area (Å²) in [6.07, 6.45) is 10.9. The Kier molecular flexibility index (Phi) is 7.60. The van der Waals surface area contributed by atoms with Crippen molar-refractivity contribution in [1.82, 2.24) is 5.48 Å². The van der Waals surface area contributed by atoms with E-state index < -0.39 is 5.91 Å². The molecule has 0 spiro atoms. The van der Waals surface area contributed by atoms with Gasteiger partial charge in [0.05, 0.1) is 0 Å². The number of carbonyl (C=O) groups is 2. The summed E-state index contributed by atoms with van der Waals surface area (Å²) in [6.45, 7) is 3.64. The topological polar surface area (TPSA) is 78.4 Å². The average molecular weight is 356 g/mol. The fraction of sp³-hybridized carbons (Fsp3) is 0.429. The van der Waals surface area contributed by atoms with Gasteiger partial charge in [-0.3, -0.25) is 14.8 Å². The minimum Gasteiger partial charge on any atom is -0.382 e. The van der Waals surface area contributed by atoms with Crippen LogP contribution in [0.3, 0.4) is 0 Å². The van der Waals surface area contributed by atoms with Crippen molar-refractivity contribution < 1.29 is 14.8 Å². The van der Waals surface area contributed by atoms with E-state index in [9.17, 15) is 9.59 Å². The molecule has 5 nitrogen and oxygen atoms in total. The Bertz CT molecular complexity index is 671. The zero-order valence-electron chi connectivity index (χ0n) is 15.5.